The fraction of sp³-hybridized carbons (Fsp3) is 0.296. The van der Waals surface area contributed by atoms with Gasteiger partial charge in [0, 0.05) is 48.8 Å². The quantitative estimate of drug-likeness (QED) is 0.380. The highest BCUT2D eigenvalue weighted by atomic mass is 79.9. The van der Waals surface area contributed by atoms with E-state index in [1.54, 1.807) is 4.68 Å². The number of halogens is 1. The largest absolute Gasteiger partial charge is 0.339 e. The van der Waals surface area contributed by atoms with E-state index in [0.717, 1.165) is 65.1 Å². The number of aromatic nitrogens is 3. The first kappa shape index (κ1) is 22.7. The van der Waals surface area contributed by atoms with Crippen LogP contribution in [0.15, 0.2) is 65.3 Å². The summed E-state index contributed by atoms with van der Waals surface area (Å²) in [4.78, 5) is 22.1. The SMILES string of the molecule is Cc1cccc(-c2ccnc3c2c(C)nn3CC(=O)N2CCN(Cc3cccc(Br)c3)CC2)c1. The minimum Gasteiger partial charge on any atom is -0.339 e. The number of amides is 1. The molecular weight excluding hydrogens is 490 g/mol. The molecule has 5 rings (SSSR count). The lowest BCUT2D eigenvalue weighted by molar-refractivity contribution is -0.133. The fourth-order valence-electron chi connectivity index (χ4n) is 4.72. The predicted octanol–water partition coefficient (Wildman–Crippen LogP) is 4.82. The molecule has 0 radical (unpaired) electrons. The maximum atomic E-state index is 13.1. The van der Waals surface area contributed by atoms with E-state index < -0.39 is 0 Å². The van der Waals surface area contributed by atoms with Gasteiger partial charge in [-0.25, -0.2) is 9.67 Å². The zero-order valence-corrected chi connectivity index (χ0v) is 21.1. The lowest BCUT2D eigenvalue weighted by Crippen LogP contribution is -2.49. The molecule has 2 aromatic heterocycles. The van der Waals surface area contributed by atoms with Crippen LogP contribution in [0.1, 0.15) is 16.8 Å². The highest BCUT2D eigenvalue weighted by molar-refractivity contribution is 9.10. The second-order valence-corrected chi connectivity index (χ2v) is 9.87. The van der Waals surface area contributed by atoms with Gasteiger partial charge in [-0.3, -0.25) is 9.69 Å². The van der Waals surface area contributed by atoms with Crippen molar-refractivity contribution in [3.8, 4) is 11.1 Å². The predicted molar refractivity (Wildman–Crippen MR) is 138 cm³/mol. The van der Waals surface area contributed by atoms with Gasteiger partial charge in [0.2, 0.25) is 5.91 Å². The van der Waals surface area contributed by atoms with Crippen LogP contribution < -0.4 is 0 Å². The van der Waals surface area contributed by atoms with Crippen LogP contribution in [-0.4, -0.2) is 56.7 Å². The van der Waals surface area contributed by atoms with Crippen molar-refractivity contribution >= 4 is 32.9 Å². The summed E-state index contributed by atoms with van der Waals surface area (Å²) in [6.45, 7) is 8.39. The van der Waals surface area contributed by atoms with Gasteiger partial charge in [-0.2, -0.15) is 5.10 Å². The lowest BCUT2D eigenvalue weighted by atomic mass is 10.0. The molecule has 1 saturated heterocycles. The van der Waals surface area contributed by atoms with E-state index in [2.05, 4.69) is 75.2 Å². The molecule has 0 spiro atoms. The average Bonchev–Trinajstić information content (AvgIpc) is 3.15. The summed E-state index contributed by atoms with van der Waals surface area (Å²) in [6.07, 6.45) is 1.81. The average molecular weight is 518 g/mol. The summed E-state index contributed by atoms with van der Waals surface area (Å²) in [6, 6.07) is 18.9. The van der Waals surface area contributed by atoms with Crippen molar-refractivity contribution in [3.05, 3.63) is 82.1 Å². The number of piperazine rings is 1. The number of nitrogens with zero attached hydrogens (tertiary/aromatic N) is 5. The molecule has 0 N–H and O–H groups in total. The van der Waals surface area contributed by atoms with E-state index >= 15 is 0 Å². The van der Waals surface area contributed by atoms with Crippen molar-refractivity contribution in [1.29, 1.82) is 0 Å². The zero-order chi connectivity index (χ0) is 23.7. The Hall–Kier alpha value is -3.03. The number of hydrogen-bond donors (Lipinski definition) is 0. The number of benzene rings is 2. The maximum Gasteiger partial charge on any atom is 0.244 e. The molecule has 2 aromatic carbocycles. The van der Waals surface area contributed by atoms with E-state index in [9.17, 15) is 4.79 Å². The first-order valence-corrected chi connectivity index (χ1v) is 12.4. The molecule has 0 atom stereocenters. The highest BCUT2D eigenvalue weighted by Gasteiger charge is 2.23. The number of hydrogen-bond acceptors (Lipinski definition) is 4. The molecule has 3 heterocycles. The summed E-state index contributed by atoms with van der Waals surface area (Å²) in [5.41, 5.74) is 6.39. The minimum absolute atomic E-state index is 0.0919. The molecule has 1 aliphatic rings. The standard InChI is InChI=1S/C27H28BrN5O/c1-19-5-3-7-22(15-19)24-9-10-29-27-26(24)20(2)30-33(27)18-25(34)32-13-11-31(12-14-32)17-21-6-4-8-23(28)16-21/h3-10,15-16H,11-14,17-18H2,1-2H3. The van der Waals surface area contributed by atoms with Gasteiger partial charge in [0.1, 0.15) is 6.54 Å². The molecule has 7 heteroatoms. The third kappa shape index (κ3) is 4.76. The van der Waals surface area contributed by atoms with Crippen molar-refractivity contribution in [2.75, 3.05) is 26.2 Å². The number of pyridine rings is 1. The van der Waals surface area contributed by atoms with Crippen LogP contribution in [0, 0.1) is 13.8 Å². The second-order valence-electron chi connectivity index (χ2n) is 8.96. The first-order chi connectivity index (χ1) is 16.5. The van der Waals surface area contributed by atoms with E-state index in [1.807, 2.05) is 30.2 Å². The Morgan fingerprint density at radius 3 is 2.56 bits per heavy atom. The van der Waals surface area contributed by atoms with E-state index in [1.165, 1.54) is 11.1 Å². The molecule has 174 valence electrons. The van der Waals surface area contributed by atoms with Gasteiger partial charge in [-0.05, 0) is 48.7 Å². The van der Waals surface area contributed by atoms with Crippen molar-refractivity contribution in [2.45, 2.75) is 26.9 Å². The van der Waals surface area contributed by atoms with Crippen LogP contribution in [-0.2, 0) is 17.9 Å². The molecule has 0 bridgehead atoms. The lowest BCUT2D eigenvalue weighted by Gasteiger charge is -2.34. The summed E-state index contributed by atoms with van der Waals surface area (Å²) < 4.78 is 2.86. The van der Waals surface area contributed by atoms with Crippen LogP contribution in [0.2, 0.25) is 0 Å². The van der Waals surface area contributed by atoms with E-state index in [0.29, 0.717) is 0 Å². The Balaban J connectivity index is 1.28. The summed E-state index contributed by atoms with van der Waals surface area (Å²) in [5, 5.41) is 5.72. The number of carbonyl (C=O) groups excluding carboxylic acids is 1. The summed E-state index contributed by atoms with van der Waals surface area (Å²) >= 11 is 3.54. The van der Waals surface area contributed by atoms with Crippen LogP contribution in [0.25, 0.3) is 22.2 Å². The molecule has 34 heavy (non-hydrogen) atoms. The van der Waals surface area contributed by atoms with Crippen LogP contribution in [0.5, 0.6) is 0 Å². The summed E-state index contributed by atoms with van der Waals surface area (Å²) in [5.74, 6) is 0.0919. The topological polar surface area (TPSA) is 54.3 Å². The number of fused-ring (bicyclic) bond motifs is 1. The molecular formula is C27H28BrN5O. The van der Waals surface area contributed by atoms with Gasteiger partial charge in [0.05, 0.1) is 5.69 Å². The molecule has 4 aromatic rings. The van der Waals surface area contributed by atoms with Gasteiger partial charge < -0.3 is 4.90 Å². The molecule has 6 nitrogen and oxygen atoms in total. The Bertz CT molecular complexity index is 1340. The van der Waals surface area contributed by atoms with Crippen molar-refractivity contribution in [3.63, 3.8) is 0 Å². The van der Waals surface area contributed by atoms with Gasteiger partial charge in [0.25, 0.3) is 0 Å². The third-order valence-corrected chi connectivity index (χ3v) is 6.94. The Morgan fingerprint density at radius 2 is 1.79 bits per heavy atom. The van der Waals surface area contributed by atoms with Gasteiger partial charge >= 0.3 is 0 Å². The van der Waals surface area contributed by atoms with Gasteiger partial charge in [-0.15, -0.1) is 0 Å². The van der Waals surface area contributed by atoms with E-state index in [4.69, 9.17) is 5.10 Å². The van der Waals surface area contributed by atoms with E-state index in [-0.39, 0.29) is 12.5 Å². The highest BCUT2D eigenvalue weighted by Crippen LogP contribution is 2.30. The molecule has 0 saturated carbocycles. The first-order valence-electron chi connectivity index (χ1n) is 11.6. The number of rotatable bonds is 5. The zero-order valence-electron chi connectivity index (χ0n) is 19.5. The van der Waals surface area contributed by atoms with Gasteiger partial charge in [-0.1, -0.05) is 57.9 Å². The Kier molecular flexibility index (Phi) is 6.48. The van der Waals surface area contributed by atoms with Crippen molar-refractivity contribution in [1.82, 2.24) is 24.6 Å². The van der Waals surface area contributed by atoms with Crippen molar-refractivity contribution < 1.29 is 4.79 Å². The third-order valence-electron chi connectivity index (χ3n) is 6.44. The second kappa shape index (κ2) is 9.68. The minimum atomic E-state index is 0.0919. The molecule has 1 amide bonds. The van der Waals surface area contributed by atoms with Crippen LogP contribution >= 0.6 is 15.9 Å². The fourth-order valence-corrected chi connectivity index (χ4v) is 5.17. The molecule has 1 aliphatic heterocycles. The Labute approximate surface area is 208 Å². The Morgan fingerprint density at radius 1 is 1.00 bits per heavy atom. The van der Waals surface area contributed by atoms with Crippen molar-refractivity contribution in [2.24, 2.45) is 0 Å². The molecule has 1 fully saturated rings. The molecule has 0 aliphatic carbocycles. The number of aryl methyl sites for hydroxylation is 2. The summed E-state index contributed by atoms with van der Waals surface area (Å²) in [7, 11) is 0. The smallest absolute Gasteiger partial charge is 0.244 e. The number of carbonyl (C=O) groups is 1. The van der Waals surface area contributed by atoms with Gasteiger partial charge in [0.15, 0.2) is 5.65 Å². The molecule has 0 unspecified atom stereocenters. The normalized spacial score (nSPS) is 14.6. The maximum absolute atomic E-state index is 13.1. The van der Waals surface area contributed by atoms with Crippen LogP contribution in [0.4, 0.5) is 0 Å². The monoisotopic (exact) mass is 517 g/mol. The van der Waals surface area contributed by atoms with Crippen LogP contribution in [0.3, 0.4) is 0 Å².